The van der Waals surface area contributed by atoms with E-state index in [1.165, 1.54) is 55.4 Å². The molecule has 0 nitrogen and oxygen atoms in total. The first-order chi connectivity index (χ1) is 18.3. The summed E-state index contributed by atoms with van der Waals surface area (Å²) in [4.78, 5) is 0. The highest BCUT2D eigenvalue weighted by Crippen LogP contribution is 2.27. The van der Waals surface area contributed by atoms with Crippen LogP contribution < -0.4 is 10.9 Å². The van der Waals surface area contributed by atoms with Crippen LogP contribution in [0.3, 0.4) is 0 Å². The van der Waals surface area contributed by atoms with Crippen molar-refractivity contribution >= 4 is 18.2 Å². The maximum Gasteiger partial charge on any atom is 0.193 e. The Balaban J connectivity index is 1.37. The fourth-order valence-electron chi connectivity index (χ4n) is 5.11. The molecule has 0 heterocycles. The number of hydrogen-bond acceptors (Lipinski definition) is 0. The van der Waals surface area contributed by atoms with Crippen molar-refractivity contribution in [2.75, 3.05) is 0 Å². The molecule has 0 bridgehead atoms. The molecule has 6 aromatic rings. The summed E-state index contributed by atoms with van der Waals surface area (Å²) >= 11 is 0. The Bertz CT molecular complexity index is 1510. The molecule has 1 heteroatoms. The van der Waals surface area contributed by atoms with Crippen molar-refractivity contribution < 1.29 is 0 Å². The molecule has 0 aliphatic rings. The second-order valence-corrected chi connectivity index (χ2v) is 9.38. The average Bonchev–Trinajstić information content (AvgIpc) is 2.99. The van der Waals surface area contributed by atoms with Crippen molar-refractivity contribution in [2.45, 2.75) is 0 Å². The van der Waals surface area contributed by atoms with E-state index >= 15 is 0 Å². The predicted molar refractivity (Wildman–Crippen MR) is 161 cm³/mol. The van der Waals surface area contributed by atoms with Crippen molar-refractivity contribution in [2.24, 2.45) is 0 Å². The summed E-state index contributed by atoms with van der Waals surface area (Å²) in [6.07, 6.45) is 0. The van der Waals surface area contributed by atoms with E-state index in [9.17, 15) is 0 Å². The Labute approximate surface area is 220 Å². The van der Waals surface area contributed by atoms with Crippen LogP contribution >= 0.6 is 0 Å². The van der Waals surface area contributed by atoms with Crippen molar-refractivity contribution in [3.63, 3.8) is 0 Å². The fourth-order valence-corrected chi connectivity index (χ4v) is 5.11. The second-order valence-electron chi connectivity index (χ2n) is 9.38. The van der Waals surface area contributed by atoms with Gasteiger partial charge in [-0.1, -0.05) is 157 Å². The molecule has 0 aliphatic heterocycles. The molecule has 6 rings (SSSR count). The normalized spacial score (nSPS) is 10.7. The summed E-state index contributed by atoms with van der Waals surface area (Å²) in [6.45, 7) is 0. The van der Waals surface area contributed by atoms with Crippen molar-refractivity contribution in [1.29, 1.82) is 0 Å². The van der Waals surface area contributed by atoms with Gasteiger partial charge in [0.1, 0.15) is 0 Å². The molecular weight excluding hydrogens is 443 g/mol. The lowest BCUT2D eigenvalue weighted by atomic mass is 9.60. The Morgan fingerprint density at radius 3 is 1.08 bits per heavy atom. The molecule has 0 amide bonds. The van der Waals surface area contributed by atoms with Gasteiger partial charge in [0, 0.05) is 0 Å². The van der Waals surface area contributed by atoms with Gasteiger partial charge in [-0.25, -0.2) is 0 Å². The maximum atomic E-state index is 2.31. The molecule has 0 saturated heterocycles. The summed E-state index contributed by atoms with van der Waals surface area (Å²) < 4.78 is 0. The minimum absolute atomic E-state index is 0.872. The molecule has 0 atom stereocenters. The lowest BCUT2D eigenvalue weighted by Crippen LogP contribution is -2.30. The van der Waals surface area contributed by atoms with E-state index in [0.717, 1.165) is 7.28 Å². The maximum absolute atomic E-state index is 2.31. The van der Waals surface area contributed by atoms with E-state index in [1.807, 2.05) is 0 Å². The lowest BCUT2D eigenvalue weighted by Gasteiger charge is -2.14. The topological polar surface area (TPSA) is 0 Å². The predicted octanol–water partition coefficient (Wildman–Crippen LogP) is 7.74. The molecule has 174 valence electrons. The minimum Gasteiger partial charge on any atom is -0.0708 e. The summed E-state index contributed by atoms with van der Waals surface area (Å²) in [5.41, 5.74) is 12.7. The van der Waals surface area contributed by atoms with Crippen LogP contribution in [-0.4, -0.2) is 7.28 Å². The van der Waals surface area contributed by atoms with Crippen LogP contribution in [0.1, 0.15) is 0 Å². The smallest absolute Gasteiger partial charge is 0.0708 e. The van der Waals surface area contributed by atoms with Crippen LogP contribution in [0, 0.1) is 0 Å². The molecule has 0 radical (unpaired) electrons. The van der Waals surface area contributed by atoms with Gasteiger partial charge in [-0.2, -0.15) is 0 Å². The van der Waals surface area contributed by atoms with E-state index in [2.05, 4.69) is 158 Å². The fraction of sp³-hybridized carbons (Fsp3) is 0. The highest BCUT2D eigenvalue weighted by Gasteiger charge is 2.12. The summed E-state index contributed by atoms with van der Waals surface area (Å²) in [6, 6.07) is 56.6. The molecule has 0 fully saturated rings. The molecule has 0 spiro atoms. The van der Waals surface area contributed by atoms with Crippen LogP contribution in [0.4, 0.5) is 0 Å². The molecular formula is C36H27B. The molecule has 0 saturated carbocycles. The van der Waals surface area contributed by atoms with Crippen LogP contribution in [0.2, 0.25) is 0 Å². The molecule has 0 aliphatic carbocycles. The lowest BCUT2D eigenvalue weighted by molar-refractivity contribution is 1.59. The third-order valence-corrected chi connectivity index (χ3v) is 6.98. The van der Waals surface area contributed by atoms with E-state index in [-0.39, 0.29) is 0 Å². The molecule has 0 unspecified atom stereocenters. The Morgan fingerprint density at radius 2 is 0.622 bits per heavy atom. The molecule has 0 aromatic heterocycles. The molecule has 37 heavy (non-hydrogen) atoms. The van der Waals surface area contributed by atoms with Gasteiger partial charge in [0.15, 0.2) is 7.28 Å². The quantitative estimate of drug-likeness (QED) is 0.219. The Hall–Kier alpha value is -4.62. The monoisotopic (exact) mass is 470 g/mol. The third kappa shape index (κ3) is 5.03. The van der Waals surface area contributed by atoms with Crippen LogP contribution in [0.15, 0.2) is 158 Å². The van der Waals surface area contributed by atoms with Gasteiger partial charge in [0.2, 0.25) is 0 Å². The minimum atomic E-state index is 0.872. The summed E-state index contributed by atoms with van der Waals surface area (Å²) in [5.74, 6) is 0. The largest absolute Gasteiger partial charge is 0.193 e. The van der Waals surface area contributed by atoms with Gasteiger partial charge in [-0.15, -0.1) is 0 Å². The van der Waals surface area contributed by atoms with E-state index in [1.54, 1.807) is 0 Å². The van der Waals surface area contributed by atoms with Gasteiger partial charge in [0.25, 0.3) is 0 Å². The van der Waals surface area contributed by atoms with Gasteiger partial charge in [-0.05, 0) is 56.6 Å². The zero-order valence-corrected chi connectivity index (χ0v) is 20.7. The van der Waals surface area contributed by atoms with Gasteiger partial charge < -0.3 is 0 Å². The first-order valence-corrected chi connectivity index (χ1v) is 12.8. The Morgan fingerprint density at radius 1 is 0.270 bits per heavy atom. The van der Waals surface area contributed by atoms with Crippen molar-refractivity contribution in [1.82, 2.24) is 0 Å². The first kappa shape index (κ1) is 22.8. The van der Waals surface area contributed by atoms with Crippen molar-refractivity contribution in [3.8, 4) is 44.5 Å². The highest BCUT2D eigenvalue weighted by molar-refractivity contribution is 6.70. The standard InChI is InChI=1S/C36H27B/c1-3-13-27(14-4-1)29-17-11-19-31(25-29)33-21-7-9-23-35(33)37-36-24-10-8-22-34(36)32-20-12-18-30(26-32)28-15-5-2-6-16-28/h1-26,37H. The first-order valence-electron chi connectivity index (χ1n) is 12.8. The van der Waals surface area contributed by atoms with E-state index in [0.29, 0.717) is 0 Å². The second kappa shape index (κ2) is 10.6. The van der Waals surface area contributed by atoms with Gasteiger partial charge in [0.05, 0.1) is 0 Å². The van der Waals surface area contributed by atoms with Crippen LogP contribution in [0.5, 0.6) is 0 Å². The van der Waals surface area contributed by atoms with Crippen molar-refractivity contribution in [3.05, 3.63) is 158 Å². The van der Waals surface area contributed by atoms with E-state index in [4.69, 9.17) is 0 Å². The zero-order valence-electron chi connectivity index (χ0n) is 20.7. The van der Waals surface area contributed by atoms with Gasteiger partial charge in [-0.3, -0.25) is 0 Å². The summed E-state index contributed by atoms with van der Waals surface area (Å²) in [5, 5.41) is 0. The van der Waals surface area contributed by atoms with E-state index < -0.39 is 0 Å². The third-order valence-electron chi connectivity index (χ3n) is 6.98. The van der Waals surface area contributed by atoms with Gasteiger partial charge >= 0.3 is 0 Å². The highest BCUT2D eigenvalue weighted by atomic mass is 14.1. The SMILES string of the molecule is B(c1ccccc1-c1cccc(-c2ccccc2)c1)c1ccccc1-c1cccc(-c2ccccc2)c1. The summed E-state index contributed by atoms with van der Waals surface area (Å²) in [7, 11) is 0.872. The molecule has 6 aromatic carbocycles. The number of hydrogen-bond donors (Lipinski definition) is 0. The van der Waals surface area contributed by atoms with Crippen LogP contribution in [-0.2, 0) is 0 Å². The Kier molecular flexibility index (Phi) is 6.51. The zero-order chi connectivity index (χ0) is 24.9. The number of benzene rings is 6. The van der Waals surface area contributed by atoms with Crippen LogP contribution in [0.25, 0.3) is 44.5 Å². The molecule has 0 N–H and O–H groups in total. The average molecular weight is 470 g/mol. The number of rotatable bonds is 6.